The van der Waals surface area contributed by atoms with Crippen LogP contribution in [0.5, 0.6) is 0 Å². The minimum atomic E-state index is -3.93. The van der Waals surface area contributed by atoms with Gasteiger partial charge in [-0.05, 0) is 54.7 Å². The number of nitrogens with zero attached hydrogens (tertiary/aromatic N) is 2. The number of benzene rings is 3. The maximum Gasteiger partial charge on any atom is 0.243 e. The lowest BCUT2D eigenvalue weighted by molar-refractivity contribution is -0.141. The maximum atomic E-state index is 13.8. The SMILES string of the molecule is CC[C@@H](C(=O)NC1CCCCC1)N(Cc1ccc(C)cc1)C(=O)CN(C)S(=O)(=O)c1ccc2ccccc2c1. The van der Waals surface area contributed by atoms with Crippen LogP contribution in [-0.2, 0) is 26.2 Å². The van der Waals surface area contributed by atoms with Crippen LogP contribution in [0.3, 0.4) is 0 Å². The van der Waals surface area contributed by atoms with E-state index >= 15 is 0 Å². The summed E-state index contributed by atoms with van der Waals surface area (Å²) in [6, 6.07) is 19.7. The molecule has 4 rings (SSSR count). The molecular formula is C31H39N3O4S. The summed E-state index contributed by atoms with van der Waals surface area (Å²) in [5.41, 5.74) is 1.98. The average molecular weight is 550 g/mol. The molecule has 39 heavy (non-hydrogen) atoms. The molecule has 1 saturated carbocycles. The number of rotatable bonds is 10. The Balaban J connectivity index is 1.56. The summed E-state index contributed by atoms with van der Waals surface area (Å²) in [6.45, 7) is 3.73. The molecule has 3 aromatic rings. The summed E-state index contributed by atoms with van der Waals surface area (Å²) >= 11 is 0. The van der Waals surface area contributed by atoms with Crippen molar-refractivity contribution < 1.29 is 18.0 Å². The van der Waals surface area contributed by atoms with E-state index in [1.54, 1.807) is 18.2 Å². The fraction of sp³-hybridized carbons (Fsp3) is 0.419. The molecule has 0 aromatic heterocycles. The molecule has 0 unspecified atom stereocenters. The fourth-order valence-corrected chi connectivity index (χ4v) is 6.38. The summed E-state index contributed by atoms with van der Waals surface area (Å²) in [4.78, 5) is 28.8. The van der Waals surface area contributed by atoms with Crippen LogP contribution in [0.2, 0.25) is 0 Å². The van der Waals surface area contributed by atoms with Crippen molar-refractivity contribution in [3.05, 3.63) is 77.9 Å². The molecule has 0 bridgehead atoms. The lowest BCUT2D eigenvalue weighted by Gasteiger charge is -2.33. The first-order chi connectivity index (χ1) is 18.7. The number of aryl methyl sites for hydroxylation is 1. The normalized spacial score (nSPS) is 15.3. The second kappa shape index (κ2) is 12.7. The third kappa shape index (κ3) is 7.05. The van der Waals surface area contributed by atoms with Crippen molar-refractivity contribution >= 4 is 32.6 Å². The van der Waals surface area contributed by atoms with Crippen molar-refractivity contribution in [2.24, 2.45) is 0 Å². The van der Waals surface area contributed by atoms with Crippen LogP contribution >= 0.6 is 0 Å². The quantitative estimate of drug-likeness (QED) is 0.385. The number of likely N-dealkylation sites (N-methyl/N-ethyl adjacent to an activating group) is 1. The predicted octanol–water partition coefficient (Wildman–Crippen LogP) is 5.03. The van der Waals surface area contributed by atoms with E-state index in [0.29, 0.717) is 6.42 Å². The van der Waals surface area contributed by atoms with Gasteiger partial charge in [0, 0.05) is 19.6 Å². The summed E-state index contributed by atoms with van der Waals surface area (Å²) in [5, 5.41) is 4.91. The number of nitrogens with one attached hydrogen (secondary N) is 1. The number of sulfonamides is 1. The Morgan fingerprint density at radius 1 is 0.949 bits per heavy atom. The molecule has 7 nitrogen and oxygen atoms in total. The van der Waals surface area contributed by atoms with Gasteiger partial charge in [-0.1, -0.05) is 86.3 Å². The van der Waals surface area contributed by atoms with E-state index in [-0.39, 0.29) is 29.9 Å². The van der Waals surface area contributed by atoms with E-state index in [1.165, 1.54) is 18.4 Å². The number of hydrogen-bond acceptors (Lipinski definition) is 4. The Kier molecular flexibility index (Phi) is 9.40. The van der Waals surface area contributed by atoms with Crippen molar-refractivity contribution in [2.75, 3.05) is 13.6 Å². The van der Waals surface area contributed by atoms with Crippen LogP contribution < -0.4 is 5.32 Å². The molecule has 208 valence electrons. The molecule has 0 heterocycles. The molecule has 0 spiro atoms. The van der Waals surface area contributed by atoms with Gasteiger partial charge < -0.3 is 10.2 Å². The van der Waals surface area contributed by atoms with E-state index < -0.39 is 22.0 Å². The molecule has 8 heteroatoms. The van der Waals surface area contributed by atoms with E-state index in [2.05, 4.69) is 5.32 Å². The summed E-state index contributed by atoms with van der Waals surface area (Å²) in [6.07, 6.45) is 5.68. The van der Waals surface area contributed by atoms with Gasteiger partial charge in [0.1, 0.15) is 6.04 Å². The van der Waals surface area contributed by atoms with Crippen LogP contribution in [-0.4, -0.2) is 55.1 Å². The minimum absolute atomic E-state index is 0.118. The molecule has 1 fully saturated rings. The average Bonchev–Trinajstić information content (AvgIpc) is 2.94. The monoisotopic (exact) mass is 549 g/mol. The molecule has 0 aliphatic heterocycles. The van der Waals surface area contributed by atoms with Crippen LogP contribution in [0, 0.1) is 6.92 Å². The second-order valence-corrected chi connectivity index (χ2v) is 12.6. The van der Waals surface area contributed by atoms with Crippen LogP contribution in [0.1, 0.15) is 56.6 Å². The Morgan fingerprint density at radius 2 is 1.62 bits per heavy atom. The number of hydrogen-bond donors (Lipinski definition) is 1. The van der Waals surface area contributed by atoms with E-state index in [9.17, 15) is 18.0 Å². The van der Waals surface area contributed by atoms with Crippen LogP contribution in [0.25, 0.3) is 10.8 Å². The molecule has 1 aliphatic carbocycles. The van der Waals surface area contributed by atoms with Gasteiger partial charge >= 0.3 is 0 Å². The fourth-order valence-electron chi connectivity index (χ4n) is 5.23. The third-order valence-corrected chi connectivity index (χ3v) is 9.40. The summed E-state index contributed by atoms with van der Waals surface area (Å²) in [5.74, 6) is -0.585. The van der Waals surface area contributed by atoms with Crippen LogP contribution in [0.4, 0.5) is 0 Å². The van der Waals surface area contributed by atoms with Gasteiger partial charge in [0.05, 0.1) is 11.4 Å². The van der Waals surface area contributed by atoms with Crippen molar-refractivity contribution in [3.63, 3.8) is 0 Å². The van der Waals surface area contributed by atoms with Gasteiger partial charge in [-0.2, -0.15) is 4.31 Å². The van der Waals surface area contributed by atoms with E-state index in [4.69, 9.17) is 0 Å². The van der Waals surface area contributed by atoms with Gasteiger partial charge in [-0.25, -0.2) is 8.42 Å². The van der Waals surface area contributed by atoms with Gasteiger partial charge in [-0.15, -0.1) is 0 Å². The zero-order valence-corrected chi connectivity index (χ0v) is 23.9. The maximum absolute atomic E-state index is 13.8. The highest BCUT2D eigenvalue weighted by molar-refractivity contribution is 7.89. The molecule has 0 saturated heterocycles. The summed E-state index contributed by atoms with van der Waals surface area (Å²) < 4.78 is 28.0. The van der Waals surface area contributed by atoms with Gasteiger partial charge in [0.25, 0.3) is 0 Å². The largest absolute Gasteiger partial charge is 0.352 e. The predicted molar refractivity (Wildman–Crippen MR) is 155 cm³/mol. The first-order valence-corrected chi connectivity index (χ1v) is 15.2. The molecule has 1 aliphatic rings. The second-order valence-electron chi connectivity index (χ2n) is 10.5. The Bertz CT molecular complexity index is 1400. The molecule has 1 N–H and O–H groups in total. The smallest absolute Gasteiger partial charge is 0.243 e. The van der Waals surface area contributed by atoms with Gasteiger partial charge in [0.2, 0.25) is 21.8 Å². The molecule has 0 radical (unpaired) electrons. The van der Waals surface area contributed by atoms with E-state index in [0.717, 1.165) is 51.9 Å². The molecule has 1 atom stereocenters. The molecular weight excluding hydrogens is 510 g/mol. The highest BCUT2D eigenvalue weighted by atomic mass is 32.2. The summed E-state index contributed by atoms with van der Waals surface area (Å²) in [7, 11) is -2.52. The highest BCUT2D eigenvalue weighted by Gasteiger charge is 2.33. The van der Waals surface area contributed by atoms with Crippen molar-refractivity contribution in [1.29, 1.82) is 0 Å². The van der Waals surface area contributed by atoms with Gasteiger partial charge in [-0.3, -0.25) is 9.59 Å². The lowest BCUT2D eigenvalue weighted by atomic mass is 9.95. The zero-order chi connectivity index (χ0) is 28.0. The number of carbonyl (C=O) groups excluding carboxylic acids is 2. The first kappa shape index (κ1) is 28.8. The number of fused-ring (bicyclic) bond motifs is 1. The third-order valence-electron chi connectivity index (χ3n) is 7.60. The van der Waals surface area contributed by atoms with Crippen LogP contribution in [0.15, 0.2) is 71.6 Å². The van der Waals surface area contributed by atoms with Crippen molar-refractivity contribution in [3.8, 4) is 0 Å². The number of carbonyl (C=O) groups is 2. The zero-order valence-electron chi connectivity index (χ0n) is 23.1. The van der Waals surface area contributed by atoms with Crippen molar-refractivity contribution in [2.45, 2.75) is 75.9 Å². The highest BCUT2D eigenvalue weighted by Crippen LogP contribution is 2.23. The van der Waals surface area contributed by atoms with Crippen molar-refractivity contribution in [1.82, 2.24) is 14.5 Å². The topological polar surface area (TPSA) is 86.8 Å². The number of amides is 2. The lowest BCUT2D eigenvalue weighted by Crippen LogP contribution is -2.53. The van der Waals surface area contributed by atoms with E-state index in [1.807, 2.05) is 62.4 Å². The Labute approximate surface area is 232 Å². The van der Waals surface area contributed by atoms with Gasteiger partial charge in [0.15, 0.2) is 0 Å². The first-order valence-electron chi connectivity index (χ1n) is 13.8. The minimum Gasteiger partial charge on any atom is -0.352 e. The Morgan fingerprint density at radius 3 is 2.28 bits per heavy atom. The Hall–Kier alpha value is -3.23. The molecule has 2 amide bonds. The standard InChI is InChI=1S/C31H39N3O4S/c1-4-29(31(36)32-27-12-6-5-7-13-27)34(21-24-16-14-23(2)15-17-24)30(35)22-33(3)39(37,38)28-19-18-25-10-8-9-11-26(25)20-28/h8-11,14-20,27,29H,4-7,12-13,21-22H2,1-3H3,(H,32,36)/t29-/m0/s1. The molecule has 3 aromatic carbocycles.